The Kier molecular flexibility index (Phi) is 2.10. The molecule has 2 aliphatic heterocycles. The Morgan fingerprint density at radius 3 is 2.46 bits per heavy atom. The van der Waals surface area contributed by atoms with Crippen molar-refractivity contribution in [3.8, 4) is 0 Å². The summed E-state index contributed by atoms with van der Waals surface area (Å²) in [6, 6.07) is 0. The van der Waals surface area contributed by atoms with Crippen LogP contribution < -0.4 is 0 Å². The summed E-state index contributed by atoms with van der Waals surface area (Å²) in [6.07, 6.45) is 0.129. The lowest BCUT2D eigenvalue weighted by molar-refractivity contribution is 0.0113. The third-order valence-electron chi connectivity index (χ3n) is 3.83. The SMILES string of the molecule is CC(C)C12CC(CN1CC(F)F)C2. The molecule has 2 bridgehead atoms. The third-order valence-corrected chi connectivity index (χ3v) is 3.83. The Morgan fingerprint density at radius 1 is 1.38 bits per heavy atom. The summed E-state index contributed by atoms with van der Waals surface area (Å²) in [7, 11) is 0. The first-order valence-corrected chi connectivity index (χ1v) is 5.08. The molecule has 0 aromatic heterocycles. The van der Waals surface area contributed by atoms with Crippen molar-refractivity contribution in [2.75, 3.05) is 13.1 Å². The molecule has 3 heteroatoms. The average Bonchev–Trinajstić information content (AvgIpc) is 2.37. The van der Waals surface area contributed by atoms with Crippen molar-refractivity contribution < 1.29 is 8.78 Å². The molecule has 0 aromatic rings. The van der Waals surface area contributed by atoms with E-state index < -0.39 is 6.43 Å². The molecule has 0 N–H and O–H groups in total. The second-order valence-electron chi connectivity index (χ2n) is 4.83. The topological polar surface area (TPSA) is 3.24 Å². The number of nitrogens with zero attached hydrogens (tertiary/aromatic N) is 1. The second-order valence-corrected chi connectivity index (χ2v) is 4.83. The van der Waals surface area contributed by atoms with Crippen molar-refractivity contribution in [1.29, 1.82) is 0 Å². The molecule has 1 aliphatic carbocycles. The maximum atomic E-state index is 12.3. The lowest BCUT2D eigenvalue weighted by Crippen LogP contribution is -2.51. The number of alkyl halides is 2. The van der Waals surface area contributed by atoms with Gasteiger partial charge >= 0.3 is 0 Å². The van der Waals surface area contributed by atoms with Crippen molar-refractivity contribution in [1.82, 2.24) is 4.90 Å². The van der Waals surface area contributed by atoms with Gasteiger partial charge in [0, 0.05) is 12.1 Å². The molecule has 0 spiro atoms. The minimum absolute atomic E-state index is 0.0192. The predicted octanol–water partition coefficient (Wildman–Crippen LogP) is 2.37. The van der Waals surface area contributed by atoms with E-state index in [1.165, 1.54) is 0 Å². The Hall–Kier alpha value is -0.180. The van der Waals surface area contributed by atoms with E-state index >= 15 is 0 Å². The van der Waals surface area contributed by atoms with E-state index in [-0.39, 0.29) is 12.1 Å². The van der Waals surface area contributed by atoms with Crippen molar-refractivity contribution in [3.63, 3.8) is 0 Å². The van der Waals surface area contributed by atoms with E-state index in [0.717, 1.165) is 19.4 Å². The van der Waals surface area contributed by atoms with E-state index in [2.05, 4.69) is 13.8 Å². The quantitative estimate of drug-likeness (QED) is 0.658. The first-order valence-electron chi connectivity index (χ1n) is 5.08. The minimum atomic E-state index is -2.17. The Labute approximate surface area is 78.1 Å². The van der Waals surface area contributed by atoms with Gasteiger partial charge in [-0.15, -0.1) is 0 Å². The predicted molar refractivity (Wildman–Crippen MR) is 47.9 cm³/mol. The maximum absolute atomic E-state index is 12.3. The zero-order valence-corrected chi connectivity index (χ0v) is 8.26. The van der Waals surface area contributed by atoms with Gasteiger partial charge < -0.3 is 0 Å². The number of hydrogen-bond donors (Lipinski definition) is 0. The number of fused-ring (bicyclic) bond motifs is 1. The van der Waals surface area contributed by atoms with Gasteiger partial charge in [0.25, 0.3) is 6.43 Å². The summed E-state index contributed by atoms with van der Waals surface area (Å²) in [5.41, 5.74) is 0.140. The van der Waals surface area contributed by atoms with Gasteiger partial charge in [-0.05, 0) is 24.7 Å². The van der Waals surface area contributed by atoms with Crippen molar-refractivity contribution in [2.24, 2.45) is 11.8 Å². The fourth-order valence-corrected chi connectivity index (χ4v) is 3.08. The summed E-state index contributed by atoms with van der Waals surface area (Å²) < 4.78 is 24.5. The zero-order chi connectivity index (χ0) is 9.64. The molecule has 3 aliphatic rings. The molecule has 0 unspecified atom stereocenters. The van der Waals surface area contributed by atoms with E-state index in [4.69, 9.17) is 0 Å². The summed E-state index contributed by atoms with van der Waals surface area (Å²) in [4.78, 5) is 2.02. The van der Waals surface area contributed by atoms with Gasteiger partial charge in [0.2, 0.25) is 0 Å². The largest absolute Gasteiger partial charge is 0.291 e. The minimum Gasteiger partial charge on any atom is -0.291 e. The Morgan fingerprint density at radius 2 is 2.00 bits per heavy atom. The summed E-state index contributed by atoms with van der Waals surface area (Å²) in [5.74, 6) is 1.23. The average molecular weight is 189 g/mol. The van der Waals surface area contributed by atoms with E-state index in [0.29, 0.717) is 11.8 Å². The van der Waals surface area contributed by atoms with Crippen LogP contribution in [0.15, 0.2) is 0 Å². The van der Waals surface area contributed by atoms with Crippen LogP contribution in [0.1, 0.15) is 26.7 Å². The molecule has 3 rings (SSSR count). The molecule has 13 heavy (non-hydrogen) atoms. The molecule has 1 saturated carbocycles. The van der Waals surface area contributed by atoms with Crippen molar-refractivity contribution in [2.45, 2.75) is 38.7 Å². The van der Waals surface area contributed by atoms with Gasteiger partial charge in [0.1, 0.15) is 0 Å². The molecule has 0 amide bonds. The maximum Gasteiger partial charge on any atom is 0.251 e. The smallest absolute Gasteiger partial charge is 0.251 e. The Bertz CT molecular complexity index is 197. The van der Waals surface area contributed by atoms with Crippen LogP contribution in [0.4, 0.5) is 8.78 Å². The molecular formula is C10H17F2N. The van der Waals surface area contributed by atoms with Crippen LogP contribution in [-0.2, 0) is 0 Å². The normalized spacial score (nSPS) is 38.8. The van der Waals surface area contributed by atoms with Crippen LogP contribution >= 0.6 is 0 Å². The van der Waals surface area contributed by atoms with E-state index in [1.54, 1.807) is 0 Å². The third kappa shape index (κ3) is 1.28. The number of hydrogen-bond acceptors (Lipinski definition) is 1. The van der Waals surface area contributed by atoms with E-state index in [9.17, 15) is 8.78 Å². The van der Waals surface area contributed by atoms with Crippen LogP contribution in [0.5, 0.6) is 0 Å². The Balaban J connectivity index is 2.04. The van der Waals surface area contributed by atoms with Gasteiger partial charge in [-0.1, -0.05) is 13.8 Å². The van der Waals surface area contributed by atoms with Crippen LogP contribution in [0, 0.1) is 11.8 Å². The first kappa shape index (κ1) is 9.38. The van der Waals surface area contributed by atoms with E-state index in [1.807, 2.05) is 4.90 Å². The van der Waals surface area contributed by atoms with Crippen LogP contribution in [0.3, 0.4) is 0 Å². The molecule has 2 heterocycles. The highest BCUT2D eigenvalue weighted by Gasteiger charge is 2.57. The first-order chi connectivity index (χ1) is 6.04. The standard InChI is InChI=1S/C10H17F2N/c1-7(2)10-3-8(4-10)5-13(10)6-9(11)12/h7-9H,3-6H2,1-2H3. The van der Waals surface area contributed by atoms with Gasteiger partial charge in [-0.3, -0.25) is 4.90 Å². The van der Waals surface area contributed by atoms with Crippen LogP contribution in [0.25, 0.3) is 0 Å². The second kappa shape index (κ2) is 2.91. The highest BCUT2D eigenvalue weighted by atomic mass is 19.3. The van der Waals surface area contributed by atoms with Gasteiger partial charge in [-0.2, -0.15) is 0 Å². The molecule has 0 aromatic carbocycles. The number of rotatable bonds is 3. The van der Waals surface area contributed by atoms with Gasteiger partial charge in [-0.25, -0.2) is 8.78 Å². The van der Waals surface area contributed by atoms with Crippen LogP contribution in [0.2, 0.25) is 0 Å². The fourth-order valence-electron chi connectivity index (χ4n) is 3.08. The molecule has 2 saturated heterocycles. The van der Waals surface area contributed by atoms with Crippen molar-refractivity contribution >= 4 is 0 Å². The van der Waals surface area contributed by atoms with Crippen molar-refractivity contribution in [3.05, 3.63) is 0 Å². The van der Waals surface area contributed by atoms with Gasteiger partial charge in [0.05, 0.1) is 6.54 Å². The highest BCUT2D eigenvalue weighted by Crippen LogP contribution is 2.54. The zero-order valence-electron chi connectivity index (χ0n) is 8.26. The molecule has 0 radical (unpaired) electrons. The number of halogens is 2. The lowest BCUT2D eigenvalue weighted by atomic mass is 9.67. The molecule has 0 atom stereocenters. The van der Waals surface area contributed by atoms with Crippen LogP contribution in [-0.4, -0.2) is 30.0 Å². The molecule has 76 valence electrons. The van der Waals surface area contributed by atoms with Gasteiger partial charge in [0.15, 0.2) is 0 Å². The molecule has 3 fully saturated rings. The molecule has 1 nitrogen and oxygen atoms in total. The monoisotopic (exact) mass is 189 g/mol. The fraction of sp³-hybridized carbons (Fsp3) is 1.00. The molecular weight excluding hydrogens is 172 g/mol. The summed E-state index contributed by atoms with van der Waals surface area (Å²) in [5, 5.41) is 0. The summed E-state index contributed by atoms with van der Waals surface area (Å²) in [6.45, 7) is 5.19. The highest BCUT2D eigenvalue weighted by molar-refractivity contribution is 5.11. The lowest BCUT2D eigenvalue weighted by Gasteiger charge is -2.46. The summed E-state index contributed by atoms with van der Waals surface area (Å²) >= 11 is 0.